The van der Waals surface area contributed by atoms with Gasteiger partial charge >= 0.3 is 0 Å². The molecule has 0 N–H and O–H groups in total. The Bertz CT molecular complexity index is 165. The summed E-state index contributed by atoms with van der Waals surface area (Å²) in [7, 11) is 0. The molecular weight excluding hydrogens is 164 g/mol. The van der Waals surface area contributed by atoms with E-state index in [2.05, 4.69) is 6.92 Å². The van der Waals surface area contributed by atoms with Crippen LogP contribution in [0.15, 0.2) is 0 Å². The zero-order valence-electron chi connectivity index (χ0n) is 8.71. The van der Waals surface area contributed by atoms with Crippen molar-refractivity contribution < 1.29 is 9.53 Å². The highest BCUT2D eigenvalue weighted by atomic mass is 16.5. The van der Waals surface area contributed by atoms with Crippen LogP contribution in [0, 0.1) is 5.92 Å². The van der Waals surface area contributed by atoms with Crippen molar-refractivity contribution in [3.63, 3.8) is 0 Å². The molecule has 2 unspecified atom stereocenters. The smallest absolute Gasteiger partial charge is 0.138 e. The molecule has 0 spiro atoms. The van der Waals surface area contributed by atoms with Crippen molar-refractivity contribution in [2.45, 2.75) is 52.1 Å². The monoisotopic (exact) mass is 184 g/mol. The van der Waals surface area contributed by atoms with Gasteiger partial charge in [0.1, 0.15) is 5.78 Å². The van der Waals surface area contributed by atoms with Gasteiger partial charge in [-0.25, -0.2) is 0 Å². The first-order chi connectivity index (χ1) is 6.24. The maximum absolute atomic E-state index is 11.6. The Hall–Kier alpha value is -0.370. The minimum atomic E-state index is 0.201. The normalized spacial score (nSPS) is 27.8. The molecule has 76 valence electrons. The highest BCUT2D eigenvalue weighted by Crippen LogP contribution is 2.21. The molecule has 1 aliphatic rings. The molecule has 13 heavy (non-hydrogen) atoms. The highest BCUT2D eigenvalue weighted by molar-refractivity contribution is 5.81. The molecule has 0 aromatic rings. The van der Waals surface area contributed by atoms with Crippen molar-refractivity contribution in [1.29, 1.82) is 0 Å². The first-order valence-electron chi connectivity index (χ1n) is 5.38. The van der Waals surface area contributed by atoms with E-state index < -0.39 is 0 Å². The van der Waals surface area contributed by atoms with Gasteiger partial charge in [-0.1, -0.05) is 19.8 Å². The second-order valence-corrected chi connectivity index (χ2v) is 4.00. The number of carbonyl (C=O) groups excluding carboxylic acids is 1. The summed E-state index contributed by atoms with van der Waals surface area (Å²) >= 11 is 0. The van der Waals surface area contributed by atoms with Crippen LogP contribution in [0.1, 0.15) is 46.0 Å². The molecule has 0 aromatic carbocycles. The van der Waals surface area contributed by atoms with Crippen molar-refractivity contribution in [1.82, 2.24) is 0 Å². The summed E-state index contributed by atoms with van der Waals surface area (Å²) in [6.07, 6.45) is 5.40. The molecule has 0 saturated carbocycles. The summed E-state index contributed by atoms with van der Waals surface area (Å²) in [6.45, 7) is 4.86. The third-order valence-corrected chi connectivity index (χ3v) is 2.68. The maximum atomic E-state index is 11.6. The SMILES string of the molecule is CCCCCC(=O)C1COC(C)C1. The van der Waals surface area contributed by atoms with Crippen LogP contribution in [0.2, 0.25) is 0 Å². The first kappa shape index (κ1) is 10.7. The first-order valence-corrected chi connectivity index (χ1v) is 5.38. The molecule has 1 heterocycles. The van der Waals surface area contributed by atoms with Crippen molar-refractivity contribution in [3.8, 4) is 0 Å². The Kier molecular flexibility index (Phi) is 4.43. The number of ketones is 1. The van der Waals surface area contributed by atoms with Gasteiger partial charge in [0.25, 0.3) is 0 Å². The summed E-state index contributed by atoms with van der Waals surface area (Å²) in [5, 5.41) is 0. The predicted molar refractivity (Wildman–Crippen MR) is 52.7 cm³/mol. The molecule has 0 radical (unpaired) electrons. The Balaban J connectivity index is 2.16. The van der Waals surface area contributed by atoms with Crippen LogP contribution >= 0.6 is 0 Å². The minimum Gasteiger partial charge on any atom is -0.378 e. The molecule has 0 aliphatic carbocycles. The highest BCUT2D eigenvalue weighted by Gasteiger charge is 2.27. The van der Waals surface area contributed by atoms with E-state index in [0.717, 1.165) is 19.3 Å². The molecule has 2 nitrogen and oxygen atoms in total. The summed E-state index contributed by atoms with van der Waals surface area (Å²) in [6, 6.07) is 0. The Morgan fingerprint density at radius 3 is 2.77 bits per heavy atom. The average Bonchev–Trinajstić information content (AvgIpc) is 2.52. The molecule has 0 amide bonds. The summed E-state index contributed by atoms with van der Waals surface area (Å²) < 4.78 is 5.37. The van der Waals surface area contributed by atoms with Crippen LogP contribution in [-0.2, 0) is 9.53 Å². The molecule has 1 aliphatic heterocycles. The second-order valence-electron chi connectivity index (χ2n) is 4.00. The number of hydrogen-bond acceptors (Lipinski definition) is 2. The molecule has 2 atom stereocenters. The van der Waals surface area contributed by atoms with Crippen molar-refractivity contribution in [2.75, 3.05) is 6.61 Å². The van der Waals surface area contributed by atoms with Crippen LogP contribution in [0.5, 0.6) is 0 Å². The molecule has 1 saturated heterocycles. The lowest BCUT2D eigenvalue weighted by Gasteiger charge is -2.05. The van der Waals surface area contributed by atoms with Gasteiger partial charge in [-0.2, -0.15) is 0 Å². The van der Waals surface area contributed by atoms with E-state index in [1.54, 1.807) is 0 Å². The van der Waals surface area contributed by atoms with Crippen LogP contribution in [-0.4, -0.2) is 18.5 Å². The van der Waals surface area contributed by atoms with Gasteiger partial charge in [0.15, 0.2) is 0 Å². The van der Waals surface area contributed by atoms with E-state index in [1.807, 2.05) is 6.92 Å². The zero-order valence-corrected chi connectivity index (χ0v) is 8.71. The lowest BCUT2D eigenvalue weighted by atomic mass is 9.97. The average molecular weight is 184 g/mol. The van der Waals surface area contributed by atoms with E-state index in [0.29, 0.717) is 18.5 Å². The molecule has 1 fully saturated rings. The summed E-state index contributed by atoms with van der Waals surface area (Å²) in [5.74, 6) is 0.615. The number of unbranched alkanes of at least 4 members (excludes halogenated alkanes) is 2. The number of hydrogen-bond donors (Lipinski definition) is 0. The third kappa shape index (κ3) is 3.47. The molecular formula is C11H20O2. The van der Waals surface area contributed by atoms with E-state index in [4.69, 9.17) is 4.74 Å². The number of Topliss-reactive ketones (excluding diaryl/α,β-unsaturated/α-hetero) is 1. The fourth-order valence-electron chi connectivity index (χ4n) is 1.79. The molecule has 0 aromatic heterocycles. The fourth-order valence-corrected chi connectivity index (χ4v) is 1.79. The van der Waals surface area contributed by atoms with E-state index in [9.17, 15) is 4.79 Å². The Labute approximate surface area is 80.7 Å². The minimum absolute atomic E-state index is 0.201. The fraction of sp³-hybridized carbons (Fsp3) is 0.909. The van der Waals surface area contributed by atoms with Crippen molar-refractivity contribution >= 4 is 5.78 Å². The van der Waals surface area contributed by atoms with Gasteiger partial charge in [0.2, 0.25) is 0 Å². The lowest BCUT2D eigenvalue weighted by molar-refractivity contribution is -0.122. The van der Waals surface area contributed by atoms with E-state index in [-0.39, 0.29) is 5.92 Å². The van der Waals surface area contributed by atoms with Gasteiger partial charge in [0, 0.05) is 12.3 Å². The summed E-state index contributed by atoms with van der Waals surface area (Å²) in [4.78, 5) is 11.6. The number of rotatable bonds is 5. The Morgan fingerprint density at radius 2 is 2.23 bits per heavy atom. The third-order valence-electron chi connectivity index (χ3n) is 2.68. The standard InChI is InChI=1S/C11H20O2/c1-3-4-5-6-11(12)10-7-9(2)13-8-10/h9-10H,3-8H2,1-2H3. The number of ether oxygens (including phenoxy) is 1. The zero-order chi connectivity index (χ0) is 9.68. The van der Waals surface area contributed by atoms with Gasteiger partial charge in [-0.15, -0.1) is 0 Å². The lowest BCUT2D eigenvalue weighted by Crippen LogP contribution is -2.14. The number of carbonyl (C=O) groups is 1. The van der Waals surface area contributed by atoms with Crippen molar-refractivity contribution in [3.05, 3.63) is 0 Å². The van der Waals surface area contributed by atoms with Crippen LogP contribution in [0.3, 0.4) is 0 Å². The van der Waals surface area contributed by atoms with Crippen LogP contribution < -0.4 is 0 Å². The van der Waals surface area contributed by atoms with E-state index >= 15 is 0 Å². The van der Waals surface area contributed by atoms with Gasteiger partial charge in [-0.05, 0) is 19.8 Å². The predicted octanol–water partition coefficient (Wildman–Crippen LogP) is 2.56. The topological polar surface area (TPSA) is 26.3 Å². The van der Waals surface area contributed by atoms with Gasteiger partial charge in [-0.3, -0.25) is 4.79 Å². The quantitative estimate of drug-likeness (QED) is 0.614. The molecule has 1 rings (SSSR count). The van der Waals surface area contributed by atoms with Gasteiger partial charge in [0.05, 0.1) is 12.7 Å². The Morgan fingerprint density at radius 1 is 1.46 bits per heavy atom. The molecule has 2 heteroatoms. The van der Waals surface area contributed by atoms with Gasteiger partial charge < -0.3 is 4.74 Å². The van der Waals surface area contributed by atoms with Crippen LogP contribution in [0.25, 0.3) is 0 Å². The second kappa shape index (κ2) is 5.38. The largest absolute Gasteiger partial charge is 0.378 e. The van der Waals surface area contributed by atoms with E-state index in [1.165, 1.54) is 12.8 Å². The maximum Gasteiger partial charge on any atom is 0.138 e. The summed E-state index contributed by atoms with van der Waals surface area (Å²) in [5.41, 5.74) is 0. The molecule has 0 bridgehead atoms. The van der Waals surface area contributed by atoms with Crippen molar-refractivity contribution in [2.24, 2.45) is 5.92 Å². The van der Waals surface area contributed by atoms with Crippen LogP contribution in [0.4, 0.5) is 0 Å².